The molecule has 0 atom stereocenters. The molecule has 6 nitrogen and oxygen atoms in total. The van der Waals surface area contributed by atoms with E-state index in [9.17, 15) is 9.59 Å². The third-order valence-corrected chi connectivity index (χ3v) is 3.22. The lowest BCUT2D eigenvalue weighted by molar-refractivity contribution is -0.134. The Morgan fingerprint density at radius 2 is 1.37 bits per heavy atom. The quantitative estimate of drug-likeness (QED) is 0.392. The van der Waals surface area contributed by atoms with Crippen LogP contribution < -0.4 is 9.47 Å². The second-order valence-electron chi connectivity index (χ2n) is 5.21. The largest absolute Gasteiger partial charge is 0.461 e. The molecule has 0 amide bonds. The molecule has 0 aliphatic carbocycles. The summed E-state index contributed by atoms with van der Waals surface area (Å²) in [4.78, 5) is 22.3. The minimum absolute atomic E-state index is 0.290. The standard InChI is InChI=1S/C21H18O6/c1-4-20(22)26-13-11-24-18-9-5-8-17-16(18)7-6-10-19(17)25-12-14-27-21(23)15(2)3/h4-14H,1-2H2,3H3. The molecule has 0 bridgehead atoms. The molecule has 0 heterocycles. The van der Waals surface area contributed by atoms with Gasteiger partial charge in [0.2, 0.25) is 0 Å². The van der Waals surface area contributed by atoms with E-state index in [1.54, 1.807) is 31.2 Å². The van der Waals surface area contributed by atoms with Crippen molar-refractivity contribution in [2.24, 2.45) is 0 Å². The summed E-state index contributed by atoms with van der Waals surface area (Å²) >= 11 is 0. The highest BCUT2D eigenvalue weighted by Gasteiger charge is 2.06. The highest BCUT2D eigenvalue weighted by molar-refractivity contribution is 5.93. The minimum atomic E-state index is -0.581. The van der Waals surface area contributed by atoms with Gasteiger partial charge in [0.15, 0.2) is 0 Å². The van der Waals surface area contributed by atoms with Crippen LogP contribution in [0.2, 0.25) is 0 Å². The third kappa shape index (κ3) is 5.61. The monoisotopic (exact) mass is 366 g/mol. The van der Waals surface area contributed by atoms with Gasteiger partial charge in [-0.1, -0.05) is 37.4 Å². The van der Waals surface area contributed by atoms with Gasteiger partial charge in [-0.25, -0.2) is 9.59 Å². The van der Waals surface area contributed by atoms with Crippen LogP contribution in [0.1, 0.15) is 6.92 Å². The first-order chi connectivity index (χ1) is 13.0. The molecule has 0 saturated carbocycles. The molecule has 0 spiro atoms. The van der Waals surface area contributed by atoms with E-state index in [1.807, 2.05) is 12.1 Å². The SMILES string of the molecule is C=CC(=O)OC=COc1cccc2c(OC=COC(=O)C(=C)C)cccc12. The van der Waals surface area contributed by atoms with E-state index in [0.717, 1.165) is 29.4 Å². The fourth-order valence-electron chi connectivity index (χ4n) is 1.99. The van der Waals surface area contributed by atoms with E-state index in [4.69, 9.17) is 18.9 Å². The number of benzene rings is 2. The number of hydrogen-bond acceptors (Lipinski definition) is 6. The average molecular weight is 366 g/mol. The summed E-state index contributed by atoms with van der Waals surface area (Å²) in [5.41, 5.74) is 0.290. The Balaban J connectivity index is 2.12. The van der Waals surface area contributed by atoms with Crippen LogP contribution in [0.3, 0.4) is 0 Å². The van der Waals surface area contributed by atoms with Crippen molar-refractivity contribution < 1.29 is 28.5 Å². The summed E-state index contributed by atoms with van der Waals surface area (Å²) in [6.45, 7) is 8.33. The van der Waals surface area contributed by atoms with Crippen LogP contribution in [0.4, 0.5) is 0 Å². The van der Waals surface area contributed by atoms with Crippen LogP contribution in [-0.4, -0.2) is 11.9 Å². The normalized spacial score (nSPS) is 10.7. The van der Waals surface area contributed by atoms with Gasteiger partial charge in [0.1, 0.15) is 36.5 Å². The van der Waals surface area contributed by atoms with Crippen molar-refractivity contribution in [2.75, 3.05) is 0 Å². The maximum atomic E-state index is 11.3. The molecular weight excluding hydrogens is 348 g/mol. The van der Waals surface area contributed by atoms with Crippen molar-refractivity contribution in [3.63, 3.8) is 0 Å². The Hall–Kier alpha value is -3.80. The molecule has 0 aliphatic rings. The van der Waals surface area contributed by atoms with Gasteiger partial charge in [0.05, 0.1) is 0 Å². The minimum Gasteiger partial charge on any atom is -0.461 e. The lowest BCUT2D eigenvalue weighted by Gasteiger charge is -2.09. The molecule has 0 saturated heterocycles. The van der Waals surface area contributed by atoms with Gasteiger partial charge < -0.3 is 18.9 Å². The number of ether oxygens (including phenoxy) is 4. The number of rotatable bonds is 8. The molecule has 0 aliphatic heterocycles. The summed E-state index contributed by atoms with van der Waals surface area (Å²) < 4.78 is 20.6. The predicted octanol–water partition coefficient (Wildman–Crippen LogP) is 4.39. The molecule has 0 aromatic heterocycles. The van der Waals surface area contributed by atoms with Gasteiger partial charge in [-0.15, -0.1) is 0 Å². The van der Waals surface area contributed by atoms with E-state index < -0.39 is 11.9 Å². The highest BCUT2D eigenvalue weighted by atomic mass is 16.5. The summed E-state index contributed by atoms with van der Waals surface area (Å²) in [6, 6.07) is 10.8. The summed E-state index contributed by atoms with van der Waals surface area (Å²) in [5.74, 6) is -0.0285. The molecule has 2 aromatic carbocycles. The second kappa shape index (κ2) is 9.62. The van der Waals surface area contributed by atoms with Crippen LogP contribution in [0, 0.1) is 0 Å². The molecule has 138 valence electrons. The second-order valence-corrected chi connectivity index (χ2v) is 5.21. The maximum Gasteiger partial charge on any atom is 0.338 e. The van der Waals surface area contributed by atoms with Crippen molar-refractivity contribution in [1.82, 2.24) is 0 Å². The third-order valence-electron chi connectivity index (χ3n) is 3.22. The zero-order chi connectivity index (χ0) is 19.6. The van der Waals surface area contributed by atoms with Gasteiger partial charge in [-0.2, -0.15) is 0 Å². The Morgan fingerprint density at radius 1 is 0.852 bits per heavy atom. The van der Waals surface area contributed by atoms with Gasteiger partial charge in [0.25, 0.3) is 0 Å². The van der Waals surface area contributed by atoms with Gasteiger partial charge in [0, 0.05) is 22.4 Å². The smallest absolute Gasteiger partial charge is 0.338 e. The summed E-state index contributed by atoms with van der Waals surface area (Å²) in [5, 5.41) is 1.56. The Bertz CT molecular complexity index is 923. The topological polar surface area (TPSA) is 71.1 Å². The zero-order valence-electron chi connectivity index (χ0n) is 14.7. The molecule has 0 radical (unpaired) electrons. The Morgan fingerprint density at radius 3 is 1.85 bits per heavy atom. The van der Waals surface area contributed by atoms with E-state index in [0.29, 0.717) is 17.1 Å². The number of carbonyl (C=O) groups excluding carboxylic acids is 2. The lowest BCUT2D eigenvalue weighted by Crippen LogP contribution is -1.99. The first-order valence-corrected chi connectivity index (χ1v) is 7.87. The molecular formula is C21H18O6. The van der Waals surface area contributed by atoms with Crippen molar-refractivity contribution in [3.05, 3.63) is 86.3 Å². The van der Waals surface area contributed by atoms with Crippen molar-refractivity contribution >= 4 is 22.7 Å². The molecule has 0 unspecified atom stereocenters. The van der Waals surface area contributed by atoms with Crippen molar-refractivity contribution in [1.29, 1.82) is 0 Å². The van der Waals surface area contributed by atoms with Crippen LogP contribution >= 0.6 is 0 Å². The molecule has 2 aromatic rings. The van der Waals surface area contributed by atoms with Gasteiger partial charge >= 0.3 is 11.9 Å². The summed E-state index contributed by atoms with van der Waals surface area (Å²) in [7, 11) is 0. The van der Waals surface area contributed by atoms with Crippen molar-refractivity contribution in [3.8, 4) is 11.5 Å². The molecule has 27 heavy (non-hydrogen) atoms. The highest BCUT2D eigenvalue weighted by Crippen LogP contribution is 2.32. The van der Waals surface area contributed by atoms with Gasteiger partial charge in [-0.3, -0.25) is 0 Å². The van der Waals surface area contributed by atoms with E-state index in [2.05, 4.69) is 13.2 Å². The first kappa shape index (κ1) is 19.5. The fraction of sp³-hybridized carbons (Fsp3) is 0.0476. The fourth-order valence-corrected chi connectivity index (χ4v) is 1.99. The van der Waals surface area contributed by atoms with E-state index >= 15 is 0 Å². The molecule has 2 rings (SSSR count). The van der Waals surface area contributed by atoms with Crippen LogP contribution in [-0.2, 0) is 19.1 Å². The molecule has 0 fully saturated rings. The summed E-state index contributed by atoms with van der Waals surface area (Å²) in [6.07, 6.45) is 5.83. The molecule has 0 N–H and O–H groups in total. The van der Waals surface area contributed by atoms with Gasteiger partial charge in [-0.05, 0) is 19.1 Å². The lowest BCUT2D eigenvalue weighted by atomic mass is 10.1. The number of fused-ring (bicyclic) bond motifs is 1. The van der Waals surface area contributed by atoms with Crippen LogP contribution in [0.15, 0.2) is 86.3 Å². The van der Waals surface area contributed by atoms with Crippen LogP contribution in [0.5, 0.6) is 11.5 Å². The zero-order valence-corrected chi connectivity index (χ0v) is 14.7. The Kier molecular flexibility index (Phi) is 6.96. The predicted molar refractivity (Wildman–Crippen MR) is 101 cm³/mol. The number of hydrogen-bond donors (Lipinski definition) is 0. The number of esters is 2. The first-order valence-electron chi connectivity index (χ1n) is 7.87. The average Bonchev–Trinajstić information content (AvgIpc) is 2.68. The number of carbonyl (C=O) groups is 2. The van der Waals surface area contributed by atoms with Crippen molar-refractivity contribution in [2.45, 2.75) is 6.92 Å². The van der Waals surface area contributed by atoms with E-state index in [-0.39, 0.29) is 0 Å². The van der Waals surface area contributed by atoms with Crippen LogP contribution in [0.25, 0.3) is 10.8 Å². The molecule has 6 heteroatoms. The Labute approximate surface area is 156 Å². The van der Waals surface area contributed by atoms with E-state index in [1.165, 1.54) is 12.5 Å². The maximum absolute atomic E-state index is 11.3.